The predicted octanol–water partition coefficient (Wildman–Crippen LogP) is 3.97. The minimum atomic E-state index is -0.992. The Morgan fingerprint density at radius 3 is 2.65 bits per heavy atom. The molecule has 0 amide bonds. The van der Waals surface area contributed by atoms with Crippen molar-refractivity contribution in [2.24, 2.45) is 0 Å². The Morgan fingerprint density at radius 2 is 2.06 bits per heavy atom. The molecule has 1 atom stereocenters. The van der Waals surface area contributed by atoms with Crippen molar-refractivity contribution in [1.29, 1.82) is 0 Å². The Hall–Kier alpha value is -1.19. The largest absolute Gasteiger partial charge is 0.375 e. The zero-order valence-corrected chi connectivity index (χ0v) is 10.7. The molecule has 0 spiro atoms. The average molecular weight is 295 g/mol. The van der Waals surface area contributed by atoms with Gasteiger partial charge in [0.2, 0.25) is 0 Å². The van der Waals surface area contributed by atoms with Crippen molar-refractivity contribution in [3.05, 3.63) is 65.8 Å². The van der Waals surface area contributed by atoms with Crippen LogP contribution in [0.15, 0.2) is 60.2 Å². The number of hydrogen-bond donors (Lipinski definition) is 1. The number of rotatable bonds is 2. The van der Waals surface area contributed by atoms with E-state index in [4.69, 9.17) is 0 Å². The summed E-state index contributed by atoms with van der Waals surface area (Å²) in [5, 5.41) is 9.61. The fourth-order valence-corrected chi connectivity index (χ4v) is 1.85. The van der Waals surface area contributed by atoms with Crippen molar-refractivity contribution in [3.63, 3.8) is 0 Å². The highest BCUT2D eigenvalue weighted by Crippen LogP contribution is 2.28. The van der Waals surface area contributed by atoms with Crippen LogP contribution in [0.1, 0.15) is 12.0 Å². The van der Waals surface area contributed by atoms with E-state index in [0.29, 0.717) is 12.0 Å². The summed E-state index contributed by atoms with van der Waals surface area (Å²) >= 11 is 3.14. The lowest BCUT2D eigenvalue weighted by atomic mass is 10.0. The molecule has 1 aliphatic rings. The van der Waals surface area contributed by atoms with Crippen LogP contribution in [0.25, 0.3) is 5.83 Å². The van der Waals surface area contributed by atoms with Crippen molar-refractivity contribution >= 4 is 21.8 Å². The first kappa shape index (κ1) is 12.3. The van der Waals surface area contributed by atoms with Crippen molar-refractivity contribution in [2.75, 3.05) is 0 Å². The third-order valence-corrected chi connectivity index (χ3v) is 3.09. The number of aliphatic hydroxyl groups is 1. The number of benzene rings is 1. The van der Waals surface area contributed by atoms with Crippen LogP contribution < -0.4 is 0 Å². The third kappa shape index (κ3) is 3.38. The molecule has 0 fully saturated rings. The van der Waals surface area contributed by atoms with Crippen LogP contribution in [-0.2, 0) is 0 Å². The summed E-state index contributed by atoms with van der Waals surface area (Å²) in [6.45, 7) is 0. The fraction of sp³-hybridized carbons (Fsp3) is 0.143. The third-order valence-electron chi connectivity index (χ3n) is 2.50. The Morgan fingerprint density at radius 1 is 1.35 bits per heavy atom. The molecule has 1 N–H and O–H groups in total. The lowest BCUT2D eigenvalue weighted by molar-refractivity contribution is 0.197. The summed E-state index contributed by atoms with van der Waals surface area (Å²) in [4.78, 5) is 0. The van der Waals surface area contributed by atoms with E-state index in [1.165, 1.54) is 6.08 Å². The number of hydrogen-bond acceptors (Lipinski definition) is 1. The summed E-state index contributed by atoms with van der Waals surface area (Å²) in [7, 11) is 0. The molecular formula is C14H12BrFO. The molecular weight excluding hydrogens is 283 g/mol. The highest BCUT2D eigenvalue weighted by molar-refractivity contribution is 9.10. The molecule has 0 heterocycles. The summed E-state index contributed by atoms with van der Waals surface area (Å²) in [6, 6.07) is 8.89. The summed E-state index contributed by atoms with van der Waals surface area (Å²) in [5.74, 6) is -0.276. The zero-order valence-electron chi connectivity index (χ0n) is 9.11. The highest BCUT2D eigenvalue weighted by Gasteiger charge is 2.19. The molecule has 0 saturated carbocycles. The molecule has 1 aliphatic carbocycles. The molecule has 17 heavy (non-hydrogen) atoms. The van der Waals surface area contributed by atoms with Crippen molar-refractivity contribution < 1.29 is 9.50 Å². The minimum Gasteiger partial charge on any atom is -0.375 e. The molecule has 1 aromatic rings. The Balaban J connectivity index is 2.17. The first-order valence-electron chi connectivity index (χ1n) is 5.30. The molecule has 3 heteroatoms. The molecule has 1 nitrogen and oxygen atoms in total. The number of alkyl halides is 1. The van der Waals surface area contributed by atoms with Crippen LogP contribution in [0, 0.1) is 0 Å². The van der Waals surface area contributed by atoms with Gasteiger partial charge in [0.1, 0.15) is 10.3 Å². The maximum Gasteiger partial charge on any atom is 0.141 e. The Labute approximate surface area is 108 Å². The van der Waals surface area contributed by atoms with Gasteiger partial charge in [-0.25, -0.2) is 4.39 Å². The highest BCUT2D eigenvalue weighted by atomic mass is 79.9. The molecule has 0 saturated heterocycles. The lowest BCUT2D eigenvalue weighted by Crippen LogP contribution is -2.16. The van der Waals surface area contributed by atoms with Crippen LogP contribution in [0.4, 0.5) is 4.39 Å². The van der Waals surface area contributed by atoms with Gasteiger partial charge in [-0.2, -0.15) is 0 Å². The molecule has 0 aliphatic heterocycles. The standard InChI is InChI=1S/C14H12BrFO/c15-14(17)8-6-11(7-9-14)10-13(16)12-4-2-1-3-5-12/h1-8,10,17H,9H2/b13-10-. The van der Waals surface area contributed by atoms with Gasteiger partial charge in [0.05, 0.1) is 0 Å². The molecule has 88 valence electrons. The molecule has 0 radical (unpaired) electrons. The second-order valence-electron chi connectivity index (χ2n) is 3.92. The monoisotopic (exact) mass is 294 g/mol. The van der Waals surface area contributed by atoms with Gasteiger partial charge < -0.3 is 5.11 Å². The quantitative estimate of drug-likeness (QED) is 0.819. The lowest BCUT2D eigenvalue weighted by Gasteiger charge is -2.18. The van der Waals surface area contributed by atoms with E-state index < -0.39 is 4.51 Å². The van der Waals surface area contributed by atoms with Gasteiger partial charge >= 0.3 is 0 Å². The topological polar surface area (TPSA) is 20.2 Å². The SMILES string of the molecule is OC1(Br)C=CC(/C=C(\F)c2ccccc2)=CC1. The first-order chi connectivity index (χ1) is 8.07. The molecule has 0 aromatic heterocycles. The number of allylic oxidation sites excluding steroid dienone is 3. The average Bonchev–Trinajstić information content (AvgIpc) is 2.33. The van der Waals surface area contributed by atoms with Crippen LogP contribution in [0.5, 0.6) is 0 Å². The van der Waals surface area contributed by atoms with Crippen LogP contribution >= 0.6 is 15.9 Å². The van der Waals surface area contributed by atoms with Crippen molar-refractivity contribution in [3.8, 4) is 0 Å². The summed E-state index contributed by atoms with van der Waals surface area (Å²) < 4.78 is 12.8. The normalized spacial score (nSPS) is 24.6. The van der Waals surface area contributed by atoms with Gasteiger partial charge in [-0.3, -0.25) is 0 Å². The molecule has 1 aromatic carbocycles. The van der Waals surface area contributed by atoms with Crippen LogP contribution in [0.3, 0.4) is 0 Å². The summed E-state index contributed by atoms with van der Waals surface area (Å²) in [6.07, 6.45) is 6.99. The molecule has 2 rings (SSSR count). The van der Waals surface area contributed by atoms with Gasteiger partial charge in [0, 0.05) is 12.0 Å². The van der Waals surface area contributed by atoms with E-state index in [2.05, 4.69) is 15.9 Å². The number of halogens is 2. The fourth-order valence-electron chi connectivity index (χ4n) is 1.56. The second-order valence-corrected chi connectivity index (χ2v) is 5.29. The van der Waals surface area contributed by atoms with Crippen molar-refractivity contribution in [1.82, 2.24) is 0 Å². The van der Waals surface area contributed by atoms with Crippen LogP contribution in [-0.4, -0.2) is 9.62 Å². The summed E-state index contributed by atoms with van der Waals surface area (Å²) in [5.41, 5.74) is 1.32. The van der Waals surface area contributed by atoms with Gasteiger partial charge in [-0.05, 0) is 33.7 Å². The second kappa shape index (κ2) is 4.98. The molecule has 0 bridgehead atoms. The minimum absolute atomic E-state index is 0.276. The van der Waals surface area contributed by atoms with E-state index in [9.17, 15) is 9.50 Å². The zero-order chi connectivity index (χ0) is 12.3. The van der Waals surface area contributed by atoms with E-state index in [1.54, 1.807) is 42.5 Å². The van der Waals surface area contributed by atoms with E-state index >= 15 is 0 Å². The van der Waals surface area contributed by atoms with E-state index in [0.717, 1.165) is 5.57 Å². The van der Waals surface area contributed by atoms with Gasteiger partial charge in [-0.1, -0.05) is 42.5 Å². The van der Waals surface area contributed by atoms with Gasteiger partial charge in [0.15, 0.2) is 0 Å². The maximum atomic E-state index is 13.8. The first-order valence-corrected chi connectivity index (χ1v) is 6.09. The van der Waals surface area contributed by atoms with E-state index in [1.807, 2.05) is 6.07 Å². The van der Waals surface area contributed by atoms with Gasteiger partial charge in [0.25, 0.3) is 0 Å². The molecule has 1 unspecified atom stereocenters. The van der Waals surface area contributed by atoms with Crippen LogP contribution in [0.2, 0.25) is 0 Å². The Kier molecular flexibility index (Phi) is 3.60. The van der Waals surface area contributed by atoms with E-state index in [-0.39, 0.29) is 5.83 Å². The van der Waals surface area contributed by atoms with Gasteiger partial charge in [-0.15, -0.1) is 0 Å². The van der Waals surface area contributed by atoms with Crippen molar-refractivity contribution in [2.45, 2.75) is 10.9 Å². The Bertz CT molecular complexity index is 486. The predicted molar refractivity (Wildman–Crippen MR) is 71.2 cm³/mol. The smallest absolute Gasteiger partial charge is 0.141 e. The maximum absolute atomic E-state index is 13.8.